The van der Waals surface area contributed by atoms with Gasteiger partial charge in [-0.2, -0.15) is 0 Å². The molecule has 0 fully saturated rings. The van der Waals surface area contributed by atoms with E-state index >= 15 is 0 Å². The molecule has 3 rings (SSSR count). The standard InChI is InChI=1S/C15H13ClN4/c1-9-2-4-11(7-13(9)16)20-15-12-6-10(17)3-5-14(12)18-8-19-15/h2-8H,17H2,1H3,(H,18,19,20). The molecule has 0 bridgehead atoms. The van der Waals surface area contributed by atoms with Gasteiger partial charge in [0.15, 0.2) is 0 Å². The van der Waals surface area contributed by atoms with Crippen LogP contribution in [0, 0.1) is 6.92 Å². The highest BCUT2D eigenvalue weighted by Gasteiger charge is 2.05. The number of halogens is 1. The van der Waals surface area contributed by atoms with Gasteiger partial charge in [0.2, 0.25) is 0 Å². The Labute approximate surface area is 121 Å². The van der Waals surface area contributed by atoms with E-state index in [2.05, 4.69) is 15.3 Å². The zero-order valence-corrected chi connectivity index (χ0v) is 11.6. The molecule has 0 aliphatic carbocycles. The van der Waals surface area contributed by atoms with Crippen molar-refractivity contribution in [2.24, 2.45) is 0 Å². The first-order valence-electron chi connectivity index (χ1n) is 6.17. The van der Waals surface area contributed by atoms with Crippen LogP contribution in [0.1, 0.15) is 5.56 Å². The van der Waals surface area contributed by atoms with Crippen LogP contribution in [0.3, 0.4) is 0 Å². The predicted octanol–water partition coefficient (Wildman–Crippen LogP) is 3.92. The van der Waals surface area contributed by atoms with Gasteiger partial charge in [-0.05, 0) is 42.8 Å². The van der Waals surface area contributed by atoms with Crippen LogP contribution in [-0.2, 0) is 0 Å². The van der Waals surface area contributed by atoms with Crippen LogP contribution in [0.5, 0.6) is 0 Å². The molecule has 0 amide bonds. The van der Waals surface area contributed by atoms with E-state index in [0.717, 1.165) is 22.2 Å². The molecule has 0 aliphatic heterocycles. The number of nitrogens with one attached hydrogen (secondary N) is 1. The summed E-state index contributed by atoms with van der Waals surface area (Å²) >= 11 is 6.13. The lowest BCUT2D eigenvalue weighted by molar-refractivity contribution is 1.22. The number of rotatable bonds is 2. The van der Waals surface area contributed by atoms with Crippen LogP contribution in [0.2, 0.25) is 5.02 Å². The number of hydrogen-bond donors (Lipinski definition) is 2. The van der Waals surface area contributed by atoms with Gasteiger partial charge < -0.3 is 11.1 Å². The van der Waals surface area contributed by atoms with Gasteiger partial charge >= 0.3 is 0 Å². The van der Waals surface area contributed by atoms with E-state index in [1.807, 2.05) is 43.3 Å². The van der Waals surface area contributed by atoms with Crippen molar-refractivity contribution in [3.63, 3.8) is 0 Å². The van der Waals surface area contributed by atoms with Crippen LogP contribution in [0.25, 0.3) is 10.9 Å². The Morgan fingerprint density at radius 1 is 1.10 bits per heavy atom. The lowest BCUT2D eigenvalue weighted by Gasteiger charge is -2.09. The quantitative estimate of drug-likeness (QED) is 0.700. The average molecular weight is 285 g/mol. The summed E-state index contributed by atoms with van der Waals surface area (Å²) in [4.78, 5) is 8.50. The molecule has 3 N–H and O–H groups in total. The summed E-state index contributed by atoms with van der Waals surface area (Å²) in [6.45, 7) is 1.97. The van der Waals surface area contributed by atoms with Crippen molar-refractivity contribution < 1.29 is 0 Å². The summed E-state index contributed by atoms with van der Waals surface area (Å²) in [5.41, 5.74) is 9.26. The molecule has 0 unspecified atom stereocenters. The number of benzene rings is 2. The molecule has 0 saturated heterocycles. The van der Waals surface area contributed by atoms with Crippen molar-refractivity contribution >= 4 is 39.7 Å². The summed E-state index contributed by atoms with van der Waals surface area (Å²) in [7, 11) is 0. The topological polar surface area (TPSA) is 63.8 Å². The van der Waals surface area contributed by atoms with E-state index in [4.69, 9.17) is 17.3 Å². The number of aryl methyl sites for hydroxylation is 1. The van der Waals surface area contributed by atoms with E-state index in [1.54, 1.807) is 0 Å². The maximum absolute atomic E-state index is 6.13. The fraction of sp³-hybridized carbons (Fsp3) is 0.0667. The molecule has 100 valence electrons. The number of aromatic nitrogens is 2. The molecule has 0 atom stereocenters. The molecule has 2 aromatic carbocycles. The second-order valence-corrected chi connectivity index (χ2v) is 5.00. The Balaban J connectivity index is 2.05. The molecule has 3 aromatic rings. The maximum Gasteiger partial charge on any atom is 0.141 e. The minimum atomic E-state index is 0.678. The molecular weight excluding hydrogens is 272 g/mol. The Morgan fingerprint density at radius 3 is 2.75 bits per heavy atom. The zero-order chi connectivity index (χ0) is 14.1. The number of fused-ring (bicyclic) bond motifs is 1. The van der Waals surface area contributed by atoms with Crippen LogP contribution in [0.4, 0.5) is 17.2 Å². The highest BCUT2D eigenvalue weighted by molar-refractivity contribution is 6.31. The Kier molecular flexibility index (Phi) is 3.16. The first kappa shape index (κ1) is 12.7. The fourth-order valence-electron chi connectivity index (χ4n) is 1.98. The summed E-state index contributed by atoms with van der Waals surface area (Å²) < 4.78 is 0. The van der Waals surface area contributed by atoms with Gasteiger partial charge in [0, 0.05) is 21.8 Å². The first-order valence-corrected chi connectivity index (χ1v) is 6.55. The second kappa shape index (κ2) is 4.98. The largest absolute Gasteiger partial charge is 0.399 e. The maximum atomic E-state index is 6.13. The van der Waals surface area contributed by atoms with Crippen LogP contribution >= 0.6 is 11.6 Å². The van der Waals surface area contributed by atoms with E-state index < -0.39 is 0 Å². The molecule has 1 aromatic heterocycles. The lowest BCUT2D eigenvalue weighted by atomic mass is 10.2. The van der Waals surface area contributed by atoms with Crippen molar-refractivity contribution in [2.75, 3.05) is 11.1 Å². The minimum absolute atomic E-state index is 0.678. The third kappa shape index (κ3) is 2.38. The second-order valence-electron chi connectivity index (χ2n) is 4.59. The van der Waals surface area contributed by atoms with Gasteiger partial charge in [-0.3, -0.25) is 0 Å². The van der Waals surface area contributed by atoms with Gasteiger partial charge in [-0.25, -0.2) is 9.97 Å². The van der Waals surface area contributed by atoms with Crippen molar-refractivity contribution in [3.05, 3.63) is 53.3 Å². The number of nitrogens with zero attached hydrogens (tertiary/aromatic N) is 2. The molecule has 0 saturated carbocycles. The SMILES string of the molecule is Cc1ccc(Nc2ncnc3ccc(N)cc23)cc1Cl. The molecule has 5 heteroatoms. The van der Waals surface area contributed by atoms with Crippen molar-refractivity contribution in [2.45, 2.75) is 6.92 Å². The molecule has 0 radical (unpaired) electrons. The van der Waals surface area contributed by atoms with Crippen LogP contribution in [-0.4, -0.2) is 9.97 Å². The van der Waals surface area contributed by atoms with Crippen molar-refractivity contribution in [3.8, 4) is 0 Å². The Hall–Kier alpha value is -2.33. The predicted molar refractivity (Wildman–Crippen MR) is 83.4 cm³/mol. The van der Waals surface area contributed by atoms with Gasteiger partial charge in [0.1, 0.15) is 12.1 Å². The van der Waals surface area contributed by atoms with Crippen LogP contribution in [0.15, 0.2) is 42.7 Å². The monoisotopic (exact) mass is 284 g/mol. The Bertz CT molecular complexity index is 786. The highest BCUT2D eigenvalue weighted by Crippen LogP contribution is 2.27. The molecule has 4 nitrogen and oxygen atoms in total. The number of hydrogen-bond acceptors (Lipinski definition) is 4. The molecule has 0 aliphatic rings. The number of nitrogen functional groups attached to an aromatic ring is 1. The van der Waals surface area contributed by atoms with Crippen LogP contribution < -0.4 is 11.1 Å². The molecule has 20 heavy (non-hydrogen) atoms. The lowest BCUT2D eigenvalue weighted by Crippen LogP contribution is -1.97. The molecular formula is C15H13ClN4. The number of anilines is 3. The summed E-state index contributed by atoms with van der Waals surface area (Å²) in [5.74, 6) is 0.710. The third-order valence-electron chi connectivity index (χ3n) is 3.09. The highest BCUT2D eigenvalue weighted by atomic mass is 35.5. The van der Waals surface area contributed by atoms with E-state index in [9.17, 15) is 0 Å². The van der Waals surface area contributed by atoms with Gasteiger partial charge in [0.25, 0.3) is 0 Å². The minimum Gasteiger partial charge on any atom is -0.399 e. The first-order chi connectivity index (χ1) is 9.63. The van der Waals surface area contributed by atoms with Crippen molar-refractivity contribution in [1.29, 1.82) is 0 Å². The zero-order valence-electron chi connectivity index (χ0n) is 10.9. The summed E-state index contributed by atoms with van der Waals surface area (Å²) in [6.07, 6.45) is 1.52. The fourth-order valence-corrected chi connectivity index (χ4v) is 2.16. The van der Waals surface area contributed by atoms with E-state index in [0.29, 0.717) is 16.5 Å². The normalized spacial score (nSPS) is 10.7. The number of nitrogens with two attached hydrogens (primary N) is 1. The molecule has 1 heterocycles. The van der Waals surface area contributed by atoms with Gasteiger partial charge in [-0.1, -0.05) is 17.7 Å². The molecule has 0 spiro atoms. The van der Waals surface area contributed by atoms with Gasteiger partial charge in [0.05, 0.1) is 5.52 Å². The summed E-state index contributed by atoms with van der Waals surface area (Å²) in [5, 5.41) is 4.85. The summed E-state index contributed by atoms with van der Waals surface area (Å²) in [6, 6.07) is 11.3. The van der Waals surface area contributed by atoms with Crippen molar-refractivity contribution in [1.82, 2.24) is 9.97 Å². The third-order valence-corrected chi connectivity index (χ3v) is 3.50. The van der Waals surface area contributed by atoms with Gasteiger partial charge in [-0.15, -0.1) is 0 Å². The Morgan fingerprint density at radius 2 is 1.95 bits per heavy atom. The smallest absolute Gasteiger partial charge is 0.141 e. The average Bonchev–Trinajstić information content (AvgIpc) is 2.44. The van der Waals surface area contributed by atoms with E-state index in [-0.39, 0.29) is 0 Å². The van der Waals surface area contributed by atoms with E-state index in [1.165, 1.54) is 6.33 Å².